The predicted molar refractivity (Wildman–Crippen MR) is 101 cm³/mol. The maximum atomic E-state index is 12.0. The zero-order chi connectivity index (χ0) is 18.9. The zero-order valence-corrected chi connectivity index (χ0v) is 16.3. The largest absolute Gasteiger partial charge is 0.365 e. The van der Waals surface area contributed by atoms with Crippen molar-refractivity contribution < 1.29 is 13.2 Å². The molecular weight excluding hydrogens is 354 g/mol. The first-order chi connectivity index (χ1) is 12.3. The second-order valence-electron chi connectivity index (χ2n) is 6.97. The zero-order valence-electron chi connectivity index (χ0n) is 15.4. The Morgan fingerprint density at radius 1 is 1.31 bits per heavy atom. The van der Waals surface area contributed by atoms with E-state index >= 15 is 0 Å². The number of nitrogens with one attached hydrogen (secondary N) is 1. The van der Waals surface area contributed by atoms with Crippen LogP contribution in [0.15, 0.2) is 12.7 Å². The van der Waals surface area contributed by atoms with Crippen LogP contribution < -0.4 is 10.2 Å². The second kappa shape index (κ2) is 7.30. The SMILES string of the molecule is C=CCNC(=O)N1CCN(c2c(C)nn(C3CCS(=O)(=O)C3)c2C)CC1. The van der Waals surface area contributed by atoms with Gasteiger partial charge in [-0.1, -0.05) is 6.08 Å². The molecule has 0 saturated carbocycles. The summed E-state index contributed by atoms with van der Waals surface area (Å²) < 4.78 is 25.5. The molecule has 1 aromatic rings. The summed E-state index contributed by atoms with van der Waals surface area (Å²) in [6.45, 7) is 10.8. The van der Waals surface area contributed by atoms with Crippen LogP contribution >= 0.6 is 0 Å². The first-order valence-corrected chi connectivity index (χ1v) is 10.8. The van der Waals surface area contributed by atoms with E-state index in [1.807, 2.05) is 18.5 Å². The van der Waals surface area contributed by atoms with Gasteiger partial charge in [-0.3, -0.25) is 4.68 Å². The average Bonchev–Trinajstić information content (AvgIpc) is 3.11. The van der Waals surface area contributed by atoms with Gasteiger partial charge in [0.25, 0.3) is 0 Å². The number of piperazine rings is 1. The Hall–Kier alpha value is -2.03. The molecule has 26 heavy (non-hydrogen) atoms. The van der Waals surface area contributed by atoms with Gasteiger partial charge in [0.15, 0.2) is 9.84 Å². The van der Waals surface area contributed by atoms with Crippen molar-refractivity contribution in [1.29, 1.82) is 0 Å². The number of urea groups is 1. The van der Waals surface area contributed by atoms with Crippen molar-refractivity contribution in [2.45, 2.75) is 26.3 Å². The third kappa shape index (κ3) is 3.72. The van der Waals surface area contributed by atoms with Crippen LogP contribution in [-0.2, 0) is 9.84 Å². The Morgan fingerprint density at radius 2 is 2.00 bits per heavy atom. The monoisotopic (exact) mass is 381 g/mol. The molecule has 0 aromatic carbocycles. The molecule has 2 amide bonds. The van der Waals surface area contributed by atoms with Crippen molar-refractivity contribution >= 4 is 21.6 Å². The molecule has 8 nitrogen and oxygen atoms in total. The van der Waals surface area contributed by atoms with Gasteiger partial charge in [0.1, 0.15) is 0 Å². The molecule has 1 aromatic heterocycles. The van der Waals surface area contributed by atoms with Crippen LogP contribution in [0.1, 0.15) is 23.9 Å². The molecular formula is C17H27N5O3S. The van der Waals surface area contributed by atoms with E-state index in [0.717, 1.165) is 30.2 Å². The number of hydrogen-bond donors (Lipinski definition) is 1. The molecule has 1 unspecified atom stereocenters. The molecule has 9 heteroatoms. The van der Waals surface area contributed by atoms with Crippen LogP contribution in [0.4, 0.5) is 10.5 Å². The summed E-state index contributed by atoms with van der Waals surface area (Å²) >= 11 is 0. The van der Waals surface area contributed by atoms with Gasteiger partial charge in [-0.15, -0.1) is 6.58 Å². The lowest BCUT2D eigenvalue weighted by molar-refractivity contribution is 0.195. The first-order valence-electron chi connectivity index (χ1n) is 8.97. The average molecular weight is 382 g/mol. The van der Waals surface area contributed by atoms with Crippen molar-refractivity contribution in [3.63, 3.8) is 0 Å². The van der Waals surface area contributed by atoms with Crippen molar-refractivity contribution in [3.8, 4) is 0 Å². The van der Waals surface area contributed by atoms with Crippen LogP contribution in [-0.4, -0.2) is 73.4 Å². The molecule has 2 saturated heterocycles. The third-order valence-corrected chi connectivity index (χ3v) is 6.87. The first kappa shape index (κ1) is 18.8. The second-order valence-corrected chi connectivity index (χ2v) is 9.20. The quantitative estimate of drug-likeness (QED) is 0.782. The Labute approximate surface area is 154 Å². The molecule has 0 spiro atoms. The fraction of sp³-hybridized carbons (Fsp3) is 0.647. The van der Waals surface area contributed by atoms with E-state index in [9.17, 15) is 13.2 Å². The Morgan fingerprint density at radius 3 is 2.58 bits per heavy atom. The van der Waals surface area contributed by atoms with Gasteiger partial charge in [0.05, 0.1) is 34.6 Å². The van der Waals surface area contributed by atoms with Crippen LogP contribution in [0.2, 0.25) is 0 Å². The molecule has 3 heterocycles. The van der Waals surface area contributed by atoms with Crippen molar-refractivity contribution in [3.05, 3.63) is 24.0 Å². The molecule has 144 valence electrons. The highest BCUT2D eigenvalue weighted by Gasteiger charge is 2.33. The molecule has 0 bridgehead atoms. The summed E-state index contributed by atoms with van der Waals surface area (Å²) in [6.07, 6.45) is 2.29. The lowest BCUT2D eigenvalue weighted by Gasteiger charge is -2.36. The number of aryl methyl sites for hydroxylation is 1. The van der Waals surface area contributed by atoms with Gasteiger partial charge < -0.3 is 15.1 Å². The number of amides is 2. The van der Waals surface area contributed by atoms with Gasteiger partial charge in [-0.2, -0.15) is 5.10 Å². The van der Waals surface area contributed by atoms with Crippen LogP contribution in [0.3, 0.4) is 0 Å². The van der Waals surface area contributed by atoms with E-state index in [0.29, 0.717) is 26.1 Å². The Balaban J connectivity index is 1.69. The molecule has 2 aliphatic rings. The Kier molecular flexibility index (Phi) is 5.27. The van der Waals surface area contributed by atoms with Crippen molar-refractivity contribution in [2.24, 2.45) is 0 Å². The summed E-state index contributed by atoms with van der Waals surface area (Å²) in [7, 11) is -2.95. The van der Waals surface area contributed by atoms with Crippen molar-refractivity contribution in [1.82, 2.24) is 20.0 Å². The highest BCUT2D eigenvalue weighted by atomic mass is 32.2. The standard InChI is InChI=1S/C17H27N5O3S/c1-4-6-18-17(23)21-9-7-20(8-10-21)16-13(2)19-22(14(16)3)15-5-11-26(24,25)12-15/h4,15H,1,5-12H2,2-3H3,(H,18,23). The van der Waals surface area contributed by atoms with E-state index in [1.54, 1.807) is 11.0 Å². The highest BCUT2D eigenvalue weighted by molar-refractivity contribution is 7.91. The molecule has 1 N–H and O–H groups in total. The maximum Gasteiger partial charge on any atom is 0.317 e. The predicted octanol–water partition coefficient (Wildman–Crippen LogP) is 0.877. The number of rotatable bonds is 4. The van der Waals surface area contributed by atoms with E-state index in [2.05, 4.69) is 21.9 Å². The topological polar surface area (TPSA) is 87.5 Å². The number of anilines is 1. The third-order valence-electron chi connectivity index (χ3n) is 5.12. The van der Waals surface area contributed by atoms with Gasteiger partial charge in [0, 0.05) is 32.7 Å². The smallest absolute Gasteiger partial charge is 0.317 e. The lowest BCUT2D eigenvalue weighted by atomic mass is 10.2. The Bertz CT molecular complexity index is 794. The van der Waals surface area contributed by atoms with E-state index in [1.165, 1.54) is 0 Å². The van der Waals surface area contributed by atoms with E-state index in [-0.39, 0.29) is 23.6 Å². The number of carbonyl (C=O) groups excluding carboxylic acids is 1. The van der Waals surface area contributed by atoms with Crippen LogP contribution in [0.25, 0.3) is 0 Å². The maximum absolute atomic E-state index is 12.0. The number of nitrogens with zero attached hydrogens (tertiary/aromatic N) is 4. The molecule has 1 atom stereocenters. The summed E-state index contributed by atoms with van der Waals surface area (Å²) in [5, 5.41) is 7.44. The van der Waals surface area contributed by atoms with Gasteiger partial charge >= 0.3 is 6.03 Å². The van der Waals surface area contributed by atoms with Gasteiger partial charge in [-0.25, -0.2) is 13.2 Å². The van der Waals surface area contributed by atoms with E-state index in [4.69, 9.17) is 0 Å². The molecule has 2 fully saturated rings. The minimum Gasteiger partial charge on any atom is -0.365 e. The number of carbonyl (C=O) groups is 1. The fourth-order valence-electron chi connectivity index (χ4n) is 3.84. The number of aromatic nitrogens is 2. The summed E-state index contributed by atoms with van der Waals surface area (Å²) in [6, 6.07) is -0.136. The van der Waals surface area contributed by atoms with Gasteiger partial charge in [0.2, 0.25) is 0 Å². The van der Waals surface area contributed by atoms with Crippen LogP contribution in [0.5, 0.6) is 0 Å². The van der Waals surface area contributed by atoms with Gasteiger partial charge in [-0.05, 0) is 20.3 Å². The van der Waals surface area contributed by atoms with E-state index < -0.39 is 9.84 Å². The van der Waals surface area contributed by atoms with Crippen LogP contribution in [0, 0.1) is 13.8 Å². The summed E-state index contributed by atoms with van der Waals surface area (Å²) in [4.78, 5) is 16.1. The highest BCUT2D eigenvalue weighted by Crippen LogP contribution is 2.31. The molecule has 2 aliphatic heterocycles. The molecule has 3 rings (SSSR count). The number of sulfone groups is 1. The summed E-state index contributed by atoms with van der Waals surface area (Å²) in [5.41, 5.74) is 2.99. The lowest BCUT2D eigenvalue weighted by Crippen LogP contribution is -2.52. The summed E-state index contributed by atoms with van der Waals surface area (Å²) in [5.74, 6) is 0.412. The molecule has 0 radical (unpaired) electrons. The van der Waals surface area contributed by atoms with Crippen molar-refractivity contribution in [2.75, 3.05) is 49.1 Å². The molecule has 0 aliphatic carbocycles. The fourth-order valence-corrected chi connectivity index (χ4v) is 5.53. The normalized spacial score (nSPS) is 22.5. The minimum absolute atomic E-state index is 0.0650. The minimum atomic E-state index is -2.95. The number of hydrogen-bond acceptors (Lipinski definition) is 5.